The third-order valence-corrected chi connectivity index (χ3v) is 4.76. The van der Waals surface area contributed by atoms with Crippen molar-refractivity contribution in [3.8, 4) is 0 Å². The van der Waals surface area contributed by atoms with Crippen molar-refractivity contribution in [2.75, 3.05) is 31.5 Å². The quantitative estimate of drug-likeness (QED) is 0.881. The molecule has 2 fully saturated rings. The van der Waals surface area contributed by atoms with Gasteiger partial charge >= 0.3 is 0 Å². The molecule has 1 aliphatic carbocycles. The van der Waals surface area contributed by atoms with Gasteiger partial charge in [-0.1, -0.05) is 18.2 Å². The van der Waals surface area contributed by atoms with Crippen LogP contribution in [0.3, 0.4) is 0 Å². The van der Waals surface area contributed by atoms with E-state index in [-0.39, 0.29) is 11.9 Å². The maximum atomic E-state index is 12.6. The van der Waals surface area contributed by atoms with Gasteiger partial charge in [0.2, 0.25) is 5.91 Å². The molecule has 2 heterocycles. The summed E-state index contributed by atoms with van der Waals surface area (Å²) >= 11 is 0. The molecule has 4 nitrogen and oxygen atoms in total. The van der Waals surface area contributed by atoms with Crippen molar-refractivity contribution in [1.29, 1.82) is 0 Å². The highest BCUT2D eigenvalue weighted by atomic mass is 16.2. The lowest BCUT2D eigenvalue weighted by atomic mass is 10.1. The van der Waals surface area contributed by atoms with Gasteiger partial charge in [-0.05, 0) is 24.5 Å². The molecule has 0 aromatic heterocycles. The number of hydrogen-bond donors (Lipinski definition) is 1. The maximum Gasteiger partial charge on any atom is 0.245 e. The number of piperazine rings is 1. The van der Waals surface area contributed by atoms with E-state index in [1.54, 1.807) is 0 Å². The summed E-state index contributed by atoms with van der Waals surface area (Å²) in [6.45, 7) is 3.89. The number of anilines is 1. The van der Waals surface area contributed by atoms with Gasteiger partial charge in [-0.2, -0.15) is 0 Å². The van der Waals surface area contributed by atoms with Gasteiger partial charge < -0.3 is 10.2 Å². The number of para-hydroxylation sites is 1. The van der Waals surface area contributed by atoms with E-state index in [0.717, 1.165) is 44.3 Å². The van der Waals surface area contributed by atoms with Gasteiger partial charge in [0.25, 0.3) is 0 Å². The lowest BCUT2D eigenvalue weighted by Crippen LogP contribution is -2.52. The number of amides is 1. The van der Waals surface area contributed by atoms with Gasteiger partial charge in [-0.25, -0.2) is 0 Å². The van der Waals surface area contributed by atoms with Crippen LogP contribution in [-0.4, -0.2) is 54.0 Å². The Balaban J connectivity index is 1.37. The average molecular weight is 271 g/mol. The van der Waals surface area contributed by atoms with E-state index in [1.165, 1.54) is 18.4 Å². The number of nitrogens with one attached hydrogen (secondary N) is 1. The second-order valence-corrected chi connectivity index (χ2v) is 6.15. The zero-order valence-electron chi connectivity index (χ0n) is 11.7. The Hall–Kier alpha value is -1.55. The van der Waals surface area contributed by atoms with Crippen LogP contribution in [0, 0.1) is 0 Å². The Morgan fingerprint density at radius 2 is 1.85 bits per heavy atom. The smallest absolute Gasteiger partial charge is 0.245 e. The number of nitrogens with zero attached hydrogens (tertiary/aromatic N) is 2. The molecule has 0 spiro atoms. The highest BCUT2D eigenvalue weighted by molar-refractivity contribution is 5.87. The summed E-state index contributed by atoms with van der Waals surface area (Å²) in [6.07, 6.45) is 3.54. The van der Waals surface area contributed by atoms with Crippen LogP contribution in [0.4, 0.5) is 5.69 Å². The summed E-state index contributed by atoms with van der Waals surface area (Å²) in [7, 11) is 0. The van der Waals surface area contributed by atoms with Crippen LogP contribution in [0.25, 0.3) is 0 Å². The standard InChI is InChI=1S/C16H21N3O/c20-16(15-11-12-3-1-2-4-14(12)17-15)19-9-7-18(8-10-19)13-5-6-13/h1-4,13,15,17H,5-11H2/t15-/m0/s1. The fourth-order valence-electron chi connectivity index (χ4n) is 3.41. The Morgan fingerprint density at radius 3 is 2.55 bits per heavy atom. The van der Waals surface area contributed by atoms with Crippen molar-refractivity contribution >= 4 is 11.6 Å². The first-order valence-corrected chi connectivity index (χ1v) is 7.68. The van der Waals surface area contributed by atoms with Crippen molar-refractivity contribution in [2.24, 2.45) is 0 Å². The molecule has 3 aliphatic rings. The van der Waals surface area contributed by atoms with Crippen LogP contribution in [0.15, 0.2) is 24.3 Å². The molecule has 4 heteroatoms. The minimum atomic E-state index is -0.0557. The Morgan fingerprint density at radius 1 is 1.10 bits per heavy atom. The summed E-state index contributed by atoms with van der Waals surface area (Å²) in [5, 5.41) is 3.37. The van der Waals surface area contributed by atoms with Crippen LogP contribution in [0.5, 0.6) is 0 Å². The van der Waals surface area contributed by atoms with Gasteiger partial charge in [0, 0.05) is 44.3 Å². The van der Waals surface area contributed by atoms with E-state index in [2.05, 4.69) is 22.3 Å². The van der Waals surface area contributed by atoms with Crippen molar-refractivity contribution in [1.82, 2.24) is 9.80 Å². The molecule has 1 aromatic carbocycles. The predicted octanol–water partition coefficient (Wildman–Crippen LogP) is 1.33. The van der Waals surface area contributed by atoms with E-state index >= 15 is 0 Å². The highest BCUT2D eigenvalue weighted by Crippen LogP contribution is 2.29. The number of carbonyl (C=O) groups is 1. The lowest BCUT2D eigenvalue weighted by Gasteiger charge is -2.36. The van der Waals surface area contributed by atoms with Gasteiger partial charge in [-0.15, -0.1) is 0 Å². The highest BCUT2D eigenvalue weighted by Gasteiger charge is 2.35. The average Bonchev–Trinajstić information content (AvgIpc) is 3.25. The summed E-state index contributed by atoms with van der Waals surface area (Å²) in [4.78, 5) is 17.2. The van der Waals surface area contributed by atoms with Gasteiger partial charge in [0.05, 0.1) is 0 Å². The monoisotopic (exact) mass is 271 g/mol. The van der Waals surface area contributed by atoms with Crippen LogP contribution in [0.1, 0.15) is 18.4 Å². The van der Waals surface area contributed by atoms with E-state index in [4.69, 9.17) is 0 Å². The second-order valence-electron chi connectivity index (χ2n) is 6.15. The predicted molar refractivity (Wildman–Crippen MR) is 78.7 cm³/mol. The Labute approximate surface area is 119 Å². The van der Waals surface area contributed by atoms with Gasteiger partial charge in [0.15, 0.2) is 0 Å². The van der Waals surface area contributed by atoms with Crippen molar-refractivity contribution in [3.05, 3.63) is 29.8 Å². The SMILES string of the molecule is O=C([C@@H]1Cc2ccccc2N1)N1CCN(C2CC2)CC1. The molecular formula is C16H21N3O. The first-order valence-electron chi connectivity index (χ1n) is 7.68. The first kappa shape index (κ1) is 12.2. The first-order chi connectivity index (χ1) is 9.81. The summed E-state index contributed by atoms with van der Waals surface area (Å²) in [6, 6.07) is 9.00. The fourth-order valence-corrected chi connectivity index (χ4v) is 3.41. The summed E-state index contributed by atoms with van der Waals surface area (Å²) in [5.41, 5.74) is 2.39. The van der Waals surface area contributed by atoms with Crippen LogP contribution in [-0.2, 0) is 11.2 Å². The van der Waals surface area contributed by atoms with Crippen molar-refractivity contribution < 1.29 is 4.79 Å². The minimum absolute atomic E-state index is 0.0557. The normalized spacial score (nSPS) is 26.2. The van der Waals surface area contributed by atoms with Gasteiger partial charge in [-0.3, -0.25) is 9.69 Å². The minimum Gasteiger partial charge on any atom is -0.373 e. The fraction of sp³-hybridized carbons (Fsp3) is 0.562. The third kappa shape index (κ3) is 2.18. The third-order valence-electron chi connectivity index (χ3n) is 4.76. The van der Waals surface area contributed by atoms with E-state index in [0.29, 0.717) is 0 Å². The molecule has 1 atom stereocenters. The molecule has 1 aromatic rings. The molecule has 1 saturated heterocycles. The molecular weight excluding hydrogens is 250 g/mol. The molecule has 1 N–H and O–H groups in total. The molecule has 1 saturated carbocycles. The van der Waals surface area contributed by atoms with Crippen molar-refractivity contribution in [2.45, 2.75) is 31.3 Å². The van der Waals surface area contributed by atoms with Crippen LogP contribution < -0.4 is 5.32 Å². The Bertz CT molecular complexity index is 493. The molecule has 0 bridgehead atoms. The molecule has 0 radical (unpaired) electrons. The van der Waals surface area contributed by atoms with E-state index in [1.807, 2.05) is 17.0 Å². The topological polar surface area (TPSA) is 35.6 Å². The summed E-state index contributed by atoms with van der Waals surface area (Å²) < 4.78 is 0. The number of hydrogen-bond acceptors (Lipinski definition) is 3. The molecule has 1 amide bonds. The molecule has 2 aliphatic heterocycles. The molecule has 106 valence electrons. The Kier molecular flexibility index (Phi) is 2.91. The molecule has 4 rings (SSSR count). The van der Waals surface area contributed by atoms with Gasteiger partial charge in [0.1, 0.15) is 6.04 Å². The molecule has 0 unspecified atom stereocenters. The van der Waals surface area contributed by atoms with Crippen LogP contribution >= 0.6 is 0 Å². The number of rotatable bonds is 2. The maximum absolute atomic E-state index is 12.6. The molecule has 20 heavy (non-hydrogen) atoms. The summed E-state index contributed by atoms with van der Waals surface area (Å²) in [5.74, 6) is 0.275. The number of carbonyl (C=O) groups excluding carboxylic acids is 1. The second kappa shape index (κ2) is 4.77. The zero-order valence-corrected chi connectivity index (χ0v) is 11.7. The zero-order chi connectivity index (χ0) is 13.5. The lowest BCUT2D eigenvalue weighted by molar-refractivity contribution is -0.133. The van der Waals surface area contributed by atoms with Crippen molar-refractivity contribution in [3.63, 3.8) is 0 Å². The number of benzene rings is 1. The largest absolute Gasteiger partial charge is 0.373 e. The van der Waals surface area contributed by atoms with Crippen LogP contribution in [0.2, 0.25) is 0 Å². The van der Waals surface area contributed by atoms with E-state index in [9.17, 15) is 4.79 Å². The van der Waals surface area contributed by atoms with E-state index < -0.39 is 0 Å². The number of fused-ring (bicyclic) bond motifs is 1.